The molecule has 0 aliphatic heterocycles. The summed E-state index contributed by atoms with van der Waals surface area (Å²) < 4.78 is 2.32. The van der Waals surface area contributed by atoms with Gasteiger partial charge in [0.15, 0.2) is 0 Å². The van der Waals surface area contributed by atoms with Crippen molar-refractivity contribution < 1.29 is 0 Å². The predicted octanol–water partition coefficient (Wildman–Crippen LogP) is 2.65. The van der Waals surface area contributed by atoms with Crippen molar-refractivity contribution in [3.63, 3.8) is 0 Å². The molecule has 0 atom stereocenters. The van der Waals surface area contributed by atoms with E-state index in [1.54, 1.807) is 11.7 Å². The highest BCUT2D eigenvalue weighted by Crippen LogP contribution is 2.23. The summed E-state index contributed by atoms with van der Waals surface area (Å²) in [5.41, 5.74) is 0.508. The molecule has 19 heavy (non-hydrogen) atoms. The molecule has 104 valence electrons. The van der Waals surface area contributed by atoms with Crippen LogP contribution in [0.3, 0.4) is 0 Å². The first kappa shape index (κ1) is 14.1. The molecule has 0 radical (unpaired) electrons. The minimum atomic E-state index is -0.0922. The molecule has 2 aromatic heterocycles. The monoisotopic (exact) mass is 326 g/mol. The second-order valence-electron chi connectivity index (χ2n) is 4.65. The molecule has 2 aromatic rings. The number of aromatic amines is 1. The van der Waals surface area contributed by atoms with E-state index < -0.39 is 0 Å². The highest BCUT2D eigenvalue weighted by atomic mass is 79.9. The molecule has 0 amide bonds. The van der Waals surface area contributed by atoms with Crippen LogP contribution in [0.4, 0.5) is 5.82 Å². The number of H-pyrrole nitrogens is 1. The Bertz CT molecular complexity index is 625. The van der Waals surface area contributed by atoms with Gasteiger partial charge in [0.05, 0.1) is 0 Å². The number of aromatic nitrogens is 3. The topological polar surface area (TPSA) is 53.9 Å². The van der Waals surface area contributed by atoms with Gasteiger partial charge in [0.25, 0.3) is 5.56 Å². The molecular formula is C13H19BrN4O. The molecule has 0 aliphatic carbocycles. The molecule has 0 fully saturated rings. The molecule has 0 saturated carbocycles. The first-order valence-corrected chi connectivity index (χ1v) is 7.38. The van der Waals surface area contributed by atoms with E-state index in [0.29, 0.717) is 10.1 Å². The highest BCUT2D eigenvalue weighted by Gasteiger charge is 2.14. The number of rotatable bonds is 5. The lowest BCUT2D eigenvalue weighted by Crippen LogP contribution is -2.28. The van der Waals surface area contributed by atoms with Crippen LogP contribution < -0.4 is 10.5 Å². The van der Waals surface area contributed by atoms with Crippen LogP contribution in [-0.4, -0.2) is 27.9 Å². The molecule has 0 aromatic carbocycles. The smallest absolute Gasteiger partial charge is 0.275 e. The zero-order valence-corrected chi connectivity index (χ0v) is 13.1. The Labute approximate surface area is 120 Å². The van der Waals surface area contributed by atoms with E-state index in [-0.39, 0.29) is 5.56 Å². The third-order valence-corrected chi connectivity index (χ3v) is 3.69. The van der Waals surface area contributed by atoms with E-state index in [9.17, 15) is 4.79 Å². The van der Waals surface area contributed by atoms with Crippen LogP contribution >= 0.6 is 15.9 Å². The molecule has 0 bridgehead atoms. The Balaban J connectivity index is 2.55. The number of fused-ring (bicyclic) bond motifs is 1. The maximum Gasteiger partial charge on any atom is 0.275 e. The van der Waals surface area contributed by atoms with Crippen LogP contribution in [0.2, 0.25) is 0 Å². The number of aryl methyl sites for hydroxylation is 1. The van der Waals surface area contributed by atoms with Crippen LogP contribution in [-0.2, 0) is 7.05 Å². The van der Waals surface area contributed by atoms with E-state index in [2.05, 4.69) is 44.8 Å². The molecule has 6 heteroatoms. The number of pyridine rings is 1. The van der Waals surface area contributed by atoms with E-state index in [4.69, 9.17) is 0 Å². The maximum absolute atomic E-state index is 12.2. The van der Waals surface area contributed by atoms with E-state index >= 15 is 0 Å². The molecule has 0 saturated heterocycles. The van der Waals surface area contributed by atoms with Crippen LogP contribution in [0, 0.1) is 0 Å². The van der Waals surface area contributed by atoms with E-state index in [0.717, 1.165) is 37.1 Å². The second-order valence-corrected chi connectivity index (χ2v) is 5.40. The molecule has 5 nitrogen and oxygen atoms in total. The number of anilines is 1. The minimum absolute atomic E-state index is 0.0922. The molecule has 0 unspecified atom stereocenters. The van der Waals surface area contributed by atoms with Crippen LogP contribution in [0.5, 0.6) is 0 Å². The van der Waals surface area contributed by atoms with Gasteiger partial charge in [-0.2, -0.15) is 5.10 Å². The lowest BCUT2D eigenvalue weighted by atomic mass is 10.3. The fourth-order valence-corrected chi connectivity index (χ4v) is 2.86. The summed E-state index contributed by atoms with van der Waals surface area (Å²) in [5.74, 6) is 0.870. The Morgan fingerprint density at radius 3 is 2.58 bits per heavy atom. The van der Waals surface area contributed by atoms with Gasteiger partial charge in [-0.3, -0.25) is 9.48 Å². The Kier molecular flexibility index (Phi) is 4.29. The zero-order chi connectivity index (χ0) is 14.0. The van der Waals surface area contributed by atoms with E-state index in [1.165, 1.54) is 0 Å². The summed E-state index contributed by atoms with van der Waals surface area (Å²) in [4.78, 5) is 17.4. The molecule has 2 heterocycles. The van der Waals surface area contributed by atoms with Gasteiger partial charge in [-0.1, -0.05) is 13.8 Å². The van der Waals surface area contributed by atoms with Crippen molar-refractivity contribution in [1.82, 2.24) is 14.8 Å². The van der Waals surface area contributed by atoms with Crippen molar-refractivity contribution in [2.75, 3.05) is 18.0 Å². The van der Waals surface area contributed by atoms with Crippen molar-refractivity contribution in [1.29, 1.82) is 0 Å². The molecule has 2 rings (SSSR count). The first-order chi connectivity index (χ1) is 9.08. The van der Waals surface area contributed by atoms with Crippen molar-refractivity contribution in [3.05, 3.63) is 21.0 Å². The van der Waals surface area contributed by atoms with Gasteiger partial charge < -0.3 is 9.88 Å². The number of hydrogen-bond acceptors (Lipinski definition) is 3. The minimum Gasteiger partial charge on any atom is -0.358 e. The molecular weight excluding hydrogens is 308 g/mol. The fourth-order valence-electron chi connectivity index (χ4n) is 2.32. The summed E-state index contributed by atoms with van der Waals surface area (Å²) in [6, 6.07) is 2.00. The highest BCUT2D eigenvalue weighted by molar-refractivity contribution is 9.10. The van der Waals surface area contributed by atoms with Crippen LogP contribution in [0.1, 0.15) is 26.7 Å². The summed E-state index contributed by atoms with van der Waals surface area (Å²) in [6.07, 6.45) is 2.10. The predicted molar refractivity (Wildman–Crippen MR) is 81.8 cm³/mol. The van der Waals surface area contributed by atoms with Gasteiger partial charge in [0.2, 0.25) is 0 Å². The fraction of sp³-hybridized carbons (Fsp3) is 0.538. The van der Waals surface area contributed by atoms with Gasteiger partial charge in [-0.05, 0) is 34.8 Å². The van der Waals surface area contributed by atoms with Crippen molar-refractivity contribution in [3.8, 4) is 0 Å². The third-order valence-electron chi connectivity index (χ3n) is 3.10. The Morgan fingerprint density at radius 2 is 2.00 bits per heavy atom. The van der Waals surface area contributed by atoms with Gasteiger partial charge in [-0.15, -0.1) is 0 Å². The lowest BCUT2D eigenvalue weighted by molar-refractivity contribution is 0.733. The first-order valence-electron chi connectivity index (χ1n) is 6.59. The average molecular weight is 327 g/mol. The summed E-state index contributed by atoms with van der Waals surface area (Å²) in [5, 5.41) is 5.10. The number of nitrogens with zero attached hydrogens (tertiary/aromatic N) is 3. The van der Waals surface area contributed by atoms with Crippen LogP contribution in [0.15, 0.2) is 15.5 Å². The average Bonchev–Trinajstić information content (AvgIpc) is 2.65. The summed E-state index contributed by atoms with van der Waals surface area (Å²) in [7, 11) is 1.78. The quantitative estimate of drug-likeness (QED) is 0.918. The number of hydrogen-bond donors (Lipinski definition) is 1. The largest absolute Gasteiger partial charge is 0.358 e. The summed E-state index contributed by atoms with van der Waals surface area (Å²) >= 11 is 3.41. The van der Waals surface area contributed by atoms with Crippen molar-refractivity contribution in [2.24, 2.45) is 7.05 Å². The Morgan fingerprint density at radius 1 is 1.37 bits per heavy atom. The van der Waals surface area contributed by atoms with Gasteiger partial charge >= 0.3 is 0 Å². The van der Waals surface area contributed by atoms with Crippen molar-refractivity contribution in [2.45, 2.75) is 26.7 Å². The number of nitrogens with one attached hydrogen (secondary N) is 1. The molecule has 0 spiro atoms. The Hall–Kier alpha value is -1.30. The SMILES string of the molecule is CCCN(CCC)c1cc2c(Br)nn(C)c2c(=O)[nH]1. The van der Waals surface area contributed by atoms with Gasteiger partial charge in [-0.25, -0.2) is 0 Å². The van der Waals surface area contributed by atoms with Crippen molar-refractivity contribution >= 4 is 32.7 Å². The normalized spacial score (nSPS) is 11.2. The van der Waals surface area contributed by atoms with Crippen LogP contribution in [0.25, 0.3) is 10.9 Å². The van der Waals surface area contributed by atoms with Gasteiger partial charge in [0, 0.05) is 25.5 Å². The molecule has 0 aliphatic rings. The van der Waals surface area contributed by atoms with E-state index in [1.807, 2.05) is 6.07 Å². The number of halogens is 1. The van der Waals surface area contributed by atoms with Gasteiger partial charge in [0.1, 0.15) is 15.9 Å². The summed E-state index contributed by atoms with van der Waals surface area (Å²) in [6.45, 7) is 6.15. The zero-order valence-electron chi connectivity index (χ0n) is 11.5. The second kappa shape index (κ2) is 5.77. The molecule has 1 N–H and O–H groups in total. The lowest BCUT2D eigenvalue weighted by Gasteiger charge is -2.23. The standard InChI is InChI=1S/C13H19BrN4O/c1-4-6-18(7-5-2)10-8-9-11(13(19)15-10)17(3)16-12(9)14/h8H,4-7H2,1-3H3,(H,15,19). The third kappa shape index (κ3) is 2.68. The maximum atomic E-state index is 12.2.